The average Bonchev–Trinajstić information content (AvgIpc) is 2.61. The van der Waals surface area contributed by atoms with E-state index in [2.05, 4.69) is 10.6 Å². The summed E-state index contributed by atoms with van der Waals surface area (Å²) < 4.78 is 10.8. The molecule has 1 heterocycles. The molecular formula is C19H20N2O4. The Hall–Kier alpha value is -3.02. The summed E-state index contributed by atoms with van der Waals surface area (Å²) in [5.74, 6) is 0.790. The van der Waals surface area contributed by atoms with Crippen LogP contribution in [-0.2, 0) is 16.1 Å². The summed E-state index contributed by atoms with van der Waals surface area (Å²) in [6.07, 6.45) is -0.860. The number of methoxy groups -OCH3 is 1. The summed E-state index contributed by atoms with van der Waals surface area (Å²) in [7, 11) is 1.60. The second-order valence-corrected chi connectivity index (χ2v) is 5.92. The Bertz CT molecular complexity index is 787. The van der Waals surface area contributed by atoms with Crippen molar-refractivity contribution in [2.75, 3.05) is 12.4 Å². The van der Waals surface area contributed by atoms with Crippen LogP contribution in [0.1, 0.15) is 17.5 Å². The standard InChI is InChI=1S/C19H20N2O4/c1-12-3-8-16-15(9-12)21-19(23)17(25-16)10-18(22)20-11-13-4-6-14(24-2)7-5-13/h3-9,17H,10-11H2,1-2H3,(H,20,22)(H,21,23). The number of amides is 2. The molecular weight excluding hydrogens is 320 g/mol. The largest absolute Gasteiger partial charge is 0.497 e. The van der Waals surface area contributed by atoms with Crippen molar-refractivity contribution in [1.82, 2.24) is 5.32 Å². The van der Waals surface area contributed by atoms with Gasteiger partial charge >= 0.3 is 0 Å². The van der Waals surface area contributed by atoms with Crippen molar-refractivity contribution in [3.8, 4) is 11.5 Å². The SMILES string of the molecule is COc1ccc(CNC(=O)CC2Oc3ccc(C)cc3NC2=O)cc1. The number of rotatable bonds is 5. The van der Waals surface area contributed by atoms with E-state index < -0.39 is 6.10 Å². The van der Waals surface area contributed by atoms with Gasteiger partial charge in [0.05, 0.1) is 19.2 Å². The number of ether oxygens (including phenoxy) is 2. The number of nitrogens with one attached hydrogen (secondary N) is 2. The summed E-state index contributed by atoms with van der Waals surface area (Å²) in [6.45, 7) is 2.32. The van der Waals surface area contributed by atoms with E-state index in [0.717, 1.165) is 16.9 Å². The van der Waals surface area contributed by atoms with Crippen LogP contribution in [-0.4, -0.2) is 25.0 Å². The zero-order chi connectivity index (χ0) is 17.8. The Kier molecular flexibility index (Phi) is 4.88. The zero-order valence-corrected chi connectivity index (χ0v) is 14.2. The Morgan fingerprint density at radius 2 is 2.00 bits per heavy atom. The monoisotopic (exact) mass is 340 g/mol. The number of benzene rings is 2. The third kappa shape index (κ3) is 4.09. The molecule has 130 valence electrons. The maximum absolute atomic E-state index is 12.1. The van der Waals surface area contributed by atoms with Crippen molar-refractivity contribution in [2.24, 2.45) is 0 Å². The minimum atomic E-state index is -0.828. The summed E-state index contributed by atoms with van der Waals surface area (Å²) >= 11 is 0. The Morgan fingerprint density at radius 3 is 2.72 bits per heavy atom. The first-order valence-electron chi connectivity index (χ1n) is 8.03. The first-order valence-corrected chi connectivity index (χ1v) is 8.03. The van der Waals surface area contributed by atoms with Crippen LogP contribution in [0.3, 0.4) is 0 Å². The van der Waals surface area contributed by atoms with Crippen molar-refractivity contribution < 1.29 is 19.1 Å². The fraction of sp³-hybridized carbons (Fsp3) is 0.263. The quantitative estimate of drug-likeness (QED) is 0.876. The Balaban J connectivity index is 1.55. The number of carbonyl (C=O) groups excluding carboxylic acids is 2. The maximum atomic E-state index is 12.1. The van der Waals surface area contributed by atoms with Gasteiger partial charge in [-0.3, -0.25) is 9.59 Å². The van der Waals surface area contributed by atoms with E-state index in [1.54, 1.807) is 13.2 Å². The molecule has 2 aromatic rings. The number of hydrogen-bond acceptors (Lipinski definition) is 4. The van der Waals surface area contributed by atoms with Gasteiger partial charge in [-0.2, -0.15) is 0 Å². The number of anilines is 1. The molecule has 2 N–H and O–H groups in total. The van der Waals surface area contributed by atoms with Gasteiger partial charge < -0.3 is 20.1 Å². The first-order chi connectivity index (χ1) is 12.0. The van der Waals surface area contributed by atoms with Gasteiger partial charge in [-0.15, -0.1) is 0 Å². The molecule has 0 spiro atoms. The molecule has 1 aliphatic rings. The molecule has 2 amide bonds. The van der Waals surface area contributed by atoms with Crippen molar-refractivity contribution >= 4 is 17.5 Å². The van der Waals surface area contributed by atoms with E-state index in [4.69, 9.17) is 9.47 Å². The lowest BCUT2D eigenvalue weighted by Crippen LogP contribution is -2.40. The van der Waals surface area contributed by atoms with Crippen LogP contribution in [0, 0.1) is 6.92 Å². The van der Waals surface area contributed by atoms with Gasteiger partial charge in [-0.05, 0) is 42.3 Å². The topological polar surface area (TPSA) is 76.7 Å². The fourth-order valence-corrected chi connectivity index (χ4v) is 2.58. The molecule has 1 atom stereocenters. The van der Waals surface area contributed by atoms with E-state index in [1.165, 1.54) is 0 Å². The van der Waals surface area contributed by atoms with Crippen molar-refractivity contribution in [3.05, 3.63) is 53.6 Å². The minimum absolute atomic E-state index is 0.0324. The van der Waals surface area contributed by atoms with E-state index in [0.29, 0.717) is 18.0 Å². The molecule has 0 saturated heterocycles. The third-order valence-corrected chi connectivity index (χ3v) is 3.97. The van der Waals surface area contributed by atoms with Crippen molar-refractivity contribution in [3.63, 3.8) is 0 Å². The fourth-order valence-electron chi connectivity index (χ4n) is 2.58. The molecule has 2 aromatic carbocycles. The highest BCUT2D eigenvalue weighted by molar-refractivity contribution is 6.00. The van der Waals surface area contributed by atoms with Crippen LogP contribution in [0.25, 0.3) is 0 Å². The molecule has 0 bridgehead atoms. The lowest BCUT2D eigenvalue weighted by Gasteiger charge is -2.25. The molecule has 0 aliphatic carbocycles. The van der Waals surface area contributed by atoms with Gasteiger partial charge in [0.25, 0.3) is 5.91 Å². The number of hydrogen-bond donors (Lipinski definition) is 2. The van der Waals surface area contributed by atoms with E-state index in [1.807, 2.05) is 43.3 Å². The lowest BCUT2D eigenvalue weighted by atomic mass is 10.1. The number of aryl methyl sites for hydroxylation is 1. The zero-order valence-electron chi connectivity index (χ0n) is 14.2. The molecule has 6 nitrogen and oxygen atoms in total. The number of carbonyl (C=O) groups is 2. The summed E-state index contributed by atoms with van der Waals surface area (Å²) in [4.78, 5) is 24.2. The van der Waals surface area contributed by atoms with Gasteiger partial charge in [0.15, 0.2) is 6.10 Å². The Morgan fingerprint density at radius 1 is 1.24 bits per heavy atom. The highest BCUT2D eigenvalue weighted by atomic mass is 16.5. The van der Waals surface area contributed by atoms with E-state index in [9.17, 15) is 9.59 Å². The summed E-state index contributed by atoms with van der Waals surface area (Å²) in [5.41, 5.74) is 2.61. The second kappa shape index (κ2) is 7.25. The molecule has 0 fully saturated rings. The molecule has 25 heavy (non-hydrogen) atoms. The van der Waals surface area contributed by atoms with Gasteiger partial charge in [0.2, 0.25) is 5.91 Å². The van der Waals surface area contributed by atoms with Crippen molar-refractivity contribution in [2.45, 2.75) is 26.0 Å². The summed E-state index contributed by atoms with van der Waals surface area (Å²) in [5, 5.41) is 5.58. The van der Waals surface area contributed by atoms with Gasteiger partial charge in [0.1, 0.15) is 11.5 Å². The second-order valence-electron chi connectivity index (χ2n) is 5.92. The molecule has 1 unspecified atom stereocenters. The average molecular weight is 340 g/mol. The predicted octanol–water partition coefficient (Wildman–Crippen LogP) is 2.41. The number of fused-ring (bicyclic) bond motifs is 1. The third-order valence-electron chi connectivity index (χ3n) is 3.97. The van der Waals surface area contributed by atoms with Gasteiger partial charge in [0, 0.05) is 6.54 Å². The van der Waals surface area contributed by atoms with Crippen LogP contribution < -0.4 is 20.1 Å². The smallest absolute Gasteiger partial charge is 0.266 e. The van der Waals surface area contributed by atoms with Crippen LogP contribution in [0.15, 0.2) is 42.5 Å². The van der Waals surface area contributed by atoms with Crippen LogP contribution in [0.2, 0.25) is 0 Å². The van der Waals surface area contributed by atoms with E-state index in [-0.39, 0.29) is 18.2 Å². The lowest BCUT2D eigenvalue weighted by molar-refractivity contribution is -0.130. The molecule has 0 aromatic heterocycles. The highest BCUT2D eigenvalue weighted by Crippen LogP contribution is 2.30. The van der Waals surface area contributed by atoms with Crippen LogP contribution >= 0.6 is 0 Å². The maximum Gasteiger partial charge on any atom is 0.266 e. The van der Waals surface area contributed by atoms with E-state index >= 15 is 0 Å². The molecule has 0 saturated carbocycles. The first kappa shape index (κ1) is 16.8. The van der Waals surface area contributed by atoms with Gasteiger partial charge in [-0.1, -0.05) is 18.2 Å². The normalized spacial score (nSPS) is 15.6. The molecule has 0 radical (unpaired) electrons. The molecule has 6 heteroatoms. The van der Waals surface area contributed by atoms with Crippen LogP contribution in [0.5, 0.6) is 11.5 Å². The minimum Gasteiger partial charge on any atom is -0.497 e. The van der Waals surface area contributed by atoms with Crippen LogP contribution in [0.4, 0.5) is 5.69 Å². The predicted molar refractivity (Wildman–Crippen MR) is 93.7 cm³/mol. The Labute approximate surface area is 146 Å². The van der Waals surface area contributed by atoms with Crippen molar-refractivity contribution in [1.29, 1.82) is 0 Å². The summed E-state index contributed by atoms with van der Waals surface area (Å²) in [6, 6.07) is 13.0. The van der Waals surface area contributed by atoms with Gasteiger partial charge in [-0.25, -0.2) is 0 Å². The highest BCUT2D eigenvalue weighted by Gasteiger charge is 2.29. The molecule has 1 aliphatic heterocycles. The molecule has 3 rings (SSSR count).